The summed E-state index contributed by atoms with van der Waals surface area (Å²) >= 11 is 1.56. The Hall–Kier alpha value is -2.65. The van der Waals surface area contributed by atoms with Gasteiger partial charge in [-0.25, -0.2) is 19.1 Å². The highest BCUT2D eigenvalue weighted by molar-refractivity contribution is 7.97. The Kier molecular flexibility index (Phi) is 5.92. The molecule has 9 heteroatoms. The first-order valence-electron chi connectivity index (χ1n) is 10.0. The zero-order chi connectivity index (χ0) is 21.1. The predicted molar refractivity (Wildman–Crippen MR) is 114 cm³/mol. The number of nitrogens with one attached hydrogen (secondary N) is 2. The number of nitrogens with zero attached hydrogens (tertiary/aromatic N) is 3. The molecule has 2 aromatic rings. The van der Waals surface area contributed by atoms with Crippen LogP contribution in [-0.4, -0.2) is 44.6 Å². The Labute approximate surface area is 179 Å². The van der Waals surface area contributed by atoms with Crippen molar-refractivity contribution in [2.45, 2.75) is 38.3 Å². The Morgan fingerprint density at radius 3 is 2.43 bits per heavy atom. The summed E-state index contributed by atoms with van der Waals surface area (Å²) in [6.45, 7) is 2.71. The maximum atomic E-state index is 12.3. The summed E-state index contributed by atoms with van der Waals surface area (Å²) in [6.07, 6.45) is 6.10. The zero-order valence-electron chi connectivity index (χ0n) is 17.1. The van der Waals surface area contributed by atoms with E-state index in [1.807, 2.05) is 38.2 Å². The second-order valence-corrected chi connectivity index (χ2v) is 8.82. The van der Waals surface area contributed by atoms with Crippen molar-refractivity contribution in [1.82, 2.24) is 24.9 Å². The molecule has 1 aromatic carbocycles. The van der Waals surface area contributed by atoms with Crippen LogP contribution in [0.15, 0.2) is 36.7 Å². The Bertz CT molecular complexity index is 917. The van der Waals surface area contributed by atoms with Gasteiger partial charge in [0, 0.05) is 18.7 Å². The average Bonchev–Trinajstić information content (AvgIpc) is 3.54. The van der Waals surface area contributed by atoms with Crippen LogP contribution in [0.25, 0.3) is 0 Å². The van der Waals surface area contributed by atoms with E-state index in [4.69, 9.17) is 4.74 Å². The first kappa shape index (κ1) is 20.6. The van der Waals surface area contributed by atoms with Gasteiger partial charge in [-0.05, 0) is 43.5 Å². The first-order valence-corrected chi connectivity index (χ1v) is 11.0. The van der Waals surface area contributed by atoms with Gasteiger partial charge < -0.3 is 10.1 Å². The summed E-state index contributed by atoms with van der Waals surface area (Å²) in [5.74, 6) is 2.68. The van der Waals surface area contributed by atoms with E-state index >= 15 is 0 Å². The molecule has 1 aliphatic heterocycles. The van der Waals surface area contributed by atoms with E-state index in [2.05, 4.69) is 24.9 Å². The van der Waals surface area contributed by atoms with Crippen LogP contribution in [-0.2, 0) is 17.8 Å². The molecule has 2 heterocycles. The lowest BCUT2D eigenvalue weighted by atomic mass is 9.96. The average molecular weight is 428 g/mol. The molecule has 1 aromatic heterocycles. The van der Waals surface area contributed by atoms with Gasteiger partial charge in [0.15, 0.2) is 5.75 Å². The fraction of sp³-hybridized carbons (Fsp3) is 0.429. The van der Waals surface area contributed by atoms with Crippen LogP contribution in [0.1, 0.15) is 31.2 Å². The molecule has 2 aliphatic rings. The number of aromatic nitrogens is 2. The van der Waals surface area contributed by atoms with Gasteiger partial charge in [-0.1, -0.05) is 31.0 Å². The Morgan fingerprint density at radius 1 is 1.17 bits per heavy atom. The number of carbonyl (C=O) groups is 2. The minimum absolute atomic E-state index is 0.201. The molecule has 4 rings (SSSR count). The number of hydrogen-bond donors (Lipinski definition) is 2. The number of rotatable bonds is 9. The number of aryl methyl sites for hydroxylation is 1. The van der Waals surface area contributed by atoms with E-state index in [9.17, 15) is 9.59 Å². The third-order valence-electron chi connectivity index (χ3n) is 5.32. The molecule has 0 radical (unpaired) electrons. The SMILES string of the molecule is CCc1ncc(Oc2ccc(CN(C)SCC3(C4CC4)NC(=O)NC3=O)cc2)cn1. The predicted octanol–water partition coefficient (Wildman–Crippen LogP) is 2.90. The molecule has 0 bridgehead atoms. The molecular formula is C21H25N5O3S. The van der Waals surface area contributed by atoms with Gasteiger partial charge in [-0.3, -0.25) is 10.1 Å². The summed E-state index contributed by atoms with van der Waals surface area (Å²) in [6, 6.07) is 7.46. The number of amides is 3. The molecule has 1 saturated carbocycles. The molecule has 30 heavy (non-hydrogen) atoms. The van der Waals surface area contributed by atoms with Crippen molar-refractivity contribution >= 4 is 23.9 Å². The minimum Gasteiger partial charge on any atom is -0.454 e. The van der Waals surface area contributed by atoms with E-state index in [1.165, 1.54) is 0 Å². The highest BCUT2D eigenvalue weighted by Crippen LogP contribution is 2.43. The lowest BCUT2D eigenvalue weighted by Crippen LogP contribution is -2.51. The standard InChI is InChI=1S/C21H25N5O3S/c1-3-18-22-10-17(11-23-18)29-16-8-4-14(5-9-16)12-26(2)30-13-21(15-6-7-15)19(27)24-20(28)25-21/h4-5,8-11,15H,3,6-7,12-13H2,1-2H3,(H2,24,25,27,28). The van der Waals surface area contributed by atoms with E-state index < -0.39 is 5.54 Å². The minimum atomic E-state index is -0.775. The van der Waals surface area contributed by atoms with Crippen molar-refractivity contribution in [3.8, 4) is 11.5 Å². The fourth-order valence-electron chi connectivity index (χ4n) is 3.48. The highest BCUT2D eigenvalue weighted by atomic mass is 32.2. The Morgan fingerprint density at radius 2 is 1.87 bits per heavy atom. The van der Waals surface area contributed by atoms with Gasteiger partial charge >= 0.3 is 6.03 Å². The molecule has 0 spiro atoms. The lowest BCUT2D eigenvalue weighted by Gasteiger charge is -2.27. The molecule has 158 valence electrons. The van der Waals surface area contributed by atoms with Gasteiger partial charge in [0.2, 0.25) is 0 Å². The van der Waals surface area contributed by atoms with Gasteiger partial charge in [-0.15, -0.1) is 0 Å². The maximum Gasteiger partial charge on any atom is 0.322 e. The van der Waals surface area contributed by atoms with Crippen LogP contribution in [0, 0.1) is 5.92 Å². The van der Waals surface area contributed by atoms with Crippen LogP contribution < -0.4 is 15.4 Å². The Balaban J connectivity index is 1.30. The molecule has 1 unspecified atom stereocenters. The fourth-order valence-corrected chi connectivity index (χ4v) is 4.58. The van der Waals surface area contributed by atoms with E-state index in [1.54, 1.807) is 24.3 Å². The molecule has 2 fully saturated rings. The van der Waals surface area contributed by atoms with Crippen molar-refractivity contribution in [2.24, 2.45) is 5.92 Å². The second-order valence-electron chi connectivity index (χ2n) is 7.65. The number of imide groups is 1. The van der Waals surface area contributed by atoms with Crippen LogP contribution in [0.5, 0.6) is 11.5 Å². The third-order valence-corrected chi connectivity index (χ3v) is 6.47. The van der Waals surface area contributed by atoms with Crippen molar-refractivity contribution in [3.63, 3.8) is 0 Å². The molecule has 1 aliphatic carbocycles. The number of ether oxygens (including phenoxy) is 1. The van der Waals surface area contributed by atoms with Gasteiger partial charge in [-0.2, -0.15) is 0 Å². The number of urea groups is 1. The molecule has 1 atom stereocenters. The van der Waals surface area contributed by atoms with Crippen LogP contribution in [0.2, 0.25) is 0 Å². The van der Waals surface area contributed by atoms with Crippen molar-refractivity contribution in [3.05, 3.63) is 48.0 Å². The number of hydrogen-bond acceptors (Lipinski definition) is 7. The summed E-state index contributed by atoms with van der Waals surface area (Å²) in [7, 11) is 1.98. The van der Waals surface area contributed by atoms with Gasteiger partial charge in [0.25, 0.3) is 5.91 Å². The number of benzene rings is 1. The van der Waals surface area contributed by atoms with Gasteiger partial charge in [0.1, 0.15) is 17.1 Å². The van der Waals surface area contributed by atoms with Gasteiger partial charge in [0.05, 0.1) is 12.4 Å². The maximum absolute atomic E-state index is 12.3. The van der Waals surface area contributed by atoms with E-state index in [-0.39, 0.29) is 17.9 Å². The first-order chi connectivity index (χ1) is 14.5. The largest absolute Gasteiger partial charge is 0.454 e. The lowest BCUT2D eigenvalue weighted by molar-refractivity contribution is -0.123. The molecular weight excluding hydrogens is 402 g/mol. The molecule has 8 nitrogen and oxygen atoms in total. The van der Waals surface area contributed by atoms with Crippen molar-refractivity contribution < 1.29 is 14.3 Å². The topological polar surface area (TPSA) is 96.5 Å². The van der Waals surface area contributed by atoms with Crippen LogP contribution >= 0.6 is 11.9 Å². The highest BCUT2D eigenvalue weighted by Gasteiger charge is 2.56. The monoisotopic (exact) mass is 427 g/mol. The molecule has 3 amide bonds. The van der Waals surface area contributed by atoms with E-state index in [0.29, 0.717) is 18.0 Å². The molecule has 2 N–H and O–H groups in total. The summed E-state index contributed by atoms with van der Waals surface area (Å²) in [5, 5.41) is 5.25. The number of carbonyl (C=O) groups excluding carboxylic acids is 2. The van der Waals surface area contributed by atoms with Crippen LogP contribution in [0.4, 0.5) is 4.79 Å². The van der Waals surface area contributed by atoms with Crippen molar-refractivity contribution in [1.29, 1.82) is 0 Å². The van der Waals surface area contributed by atoms with Crippen molar-refractivity contribution in [2.75, 3.05) is 12.8 Å². The zero-order valence-corrected chi connectivity index (χ0v) is 17.9. The summed E-state index contributed by atoms with van der Waals surface area (Å²) in [5.41, 5.74) is 0.346. The third kappa shape index (κ3) is 4.57. The quantitative estimate of drug-likeness (QED) is 0.469. The normalized spacial score (nSPS) is 20.9. The smallest absolute Gasteiger partial charge is 0.322 e. The molecule has 1 saturated heterocycles. The summed E-state index contributed by atoms with van der Waals surface area (Å²) < 4.78 is 7.87. The second kappa shape index (κ2) is 8.61. The van der Waals surface area contributed by atoms with E-state index in [0.717, 1.165) is 36.4 Å². The summed E-state index contributed by atoms with van der Waals surface area (Å²) in [4.78, 5) is 32.5. The van der Waals surface area contributed by atoms with Crippen LogP contribution in [0.3, 0.4) is 0 Å².